The van der Waals surface area contributed by atoms with Gasteiger partial charge in [0.05, 0.1) is 10.9 Å². The summed E-state index contributed by atoms with van der Waals surface area (Å²) in [5, 5.41) is 2.81. The van der Waals surface area contributed by atoms with E-state index in [0.29, 0.717) is 9.75 Å². The molecule has 1 N–H and O–H groups in total. The number of rotatable bonds is 6. The van der Waals surface area contributed by atoms with Crippen LogP contribution in [0.3, 0.4) is 0 Å². The Labute approximate surface area is 144 Å². The number of thiophene rings is 1. The van der Waals surface area contributed by atoms with Gasteiger partial charge in [-0.2, -0.15) is 0 Å². The lowest BCUT2D eigenvalue weighted by Gasteiger charge is -2.18. The van der Waals surface area contributed by atoms with E-state index in [1.165, 1.54) is 19.9 Å². The molecular weight excluding hydrogens is 326 g/mol. The molecule has 0 aliphatic rings. The highest BCUT2D eigenvalue weighted by Crippen LogP contribution is 2.19. The van der Waals surface area contributed by atoms with Gasteiger partial charge in [-0.15, -0.1) is 11.3 Å². The van der Waals surface area contributed by atoms with E-state index in [2.05, 4.69) is 5.32 Å². The largest absolute Gasteiger partial charge is 0.448 e. The second-order valence-corrected chi connectivity index (χ2v) is 6.49. The number of benzene rings is 1. The molecule has 0 saturated heterocycles. The number of esters is 1. The van der Waals surface area contributed by atoms with Crippen molar-refractivity contribution in [3.8, 4) is 0 Å². The average Bonchev–Trinajstić information content (AvgIpc) is 3.06. The van der Waals surface area contributed by atoms with Gasteiger partial charge in [-0.1, -0.05) is 30.3 Å². The van der Waals surface area contributed by atoms with Gasteiger partial charge >= 0.3 is 5.97 Å². The Morgan fingerprint density at radius 3 is 2.21 bits per heavy atom. The lowest BCUT2D eigenvalue weighted by Crippen LogP contribution is -2.37. The minimum Gasteiger partial charge on any atom is -0.448 e. The molecule has 0 spiro atoms. The topological polar surface area (TPSA) is 72.5 Å². The van der Waals surface area contributed by atoms with Gasteiger partial charge in [0, 0.05) is 0 Å². The fourth-order valence-electron chi connectivity index (χ4n) is 2.06. The van der Waals surface area contributed by atoms with Gasteiger partial charge in [-0.25, -0.2) is 4.79 Å². The Kier molecular flexibility index (Phi) is 5.87. The van der Waals surface area contributed by atoms with E-state index >= 15 is 0 Å². The van der Waals surface area contributed by atoms with Crippen molar-refractivity contribution in [1.82, 2.24) is 5.32 Å². The van der Waals surface area contributed by atoms with Gasteiger partial charge in [0.15, 0.2) is 11.9 Å². The molecule has 24 heavy (non-hydrogen) atoms. The Morgan fingerprint density at radius 1 is 1.00 bits per heavy atom. The number of amides is 1. The first-order valence-corrected chi connectivity index (χ1v) is 8.37. The van der Waals surface area contributed by atoms with Crippen LogP contribution in [0.4, 0.5) is 0 Å². The third-order valence-electron chi connectivity index (χ3n) is 3.47. The van der Waals surface area contributed by atoms with Gasteiger partial charge < -0.3 is 10.1 Å². The van der Waals surface area contributed by atoms with E-state index < -0.39 is 12.1 Å². The van der Waals surface area contributed by atoms with Crippen LogP contribution in [-0.2, 0) is 9.53 Å². The smallest absolute Gasteiger partial charge is 0.349 e. The van der Waals surface area contributed by atoms with E-state index in [9.17, 15) is 14.4 Å². The summed E-state index contributed by atoms with van der Waals surface area (Å²) >= 11 is 1.06. The van der Waals surface area contributed by atoms with Crippen LogP contribution in [0.5, 0.6) is 0 Å². The summed E-state index contributed by atoms with van der Waals surface area (Å²) in [6, 6.07) is 12.4. The van der Waals surface area contributed by atoms with Crippen molar-refractivity contribution in [2.75, 3.05) is 0 Å². The van der Waals surface area contributed by atoms with E-state index in [4.69, 9.17) is 4.74 Å². The summed E-state index contributed by atoms with van der Waals surface area (Å²) in [7, 11) is 0. The molecule has 0 radical (unpaired) electrons. The molecule has 0 bridgehead atoms. The first-order chi connectivity index (χ1) is 11.4. The molecule has 2 unspecified atom stereocenters. The zero-order chi connectivity index (χ0) is 17.7. The van der Waals surface area contributed by atoms with Gasteiger partial charge in [-0.05, 0) is 38.5 Å². The normalized spacial score (nSPS) is 13.0. The summed E-state index contributed by atoms with van der Waals surface area (Å²) in [6.07, 6.45) is -0.924. The molecule has 0 saturated carbocycles. The summed E-state index contributed by atoms with van der Waals surface area (Å²) < 4.78 is 5.18. The van der Waals surface area contributed by atoms with Crippen molar-refractivity contribution in [2.45, 2.75) is 32.9 Å². The fourth-order valence-corrected chi connectivity index (χ4v) is 2.85. The standard InChI is InChI=1S/C18H19NO4S/c1-11(14-7-5-4-6-8-14)19-17(21)13(3)23-18(22)16-10-9-15(24-16)12(2)20/h4-11,13H,1-3H3,(H,19,21). The Morgan fingerprint density at radius 2 is 1.62 bits per heavy atom. The molecule has 0 aliphatic carbocycles. The second kappa shape index (κ2) is 7.88. The fraction of sp³-hybridized carbons (Fsp3) is 0.278. The molecule has 1 aromatic heterocycles. The quantitative estimate of drug-likeness (QED) is 0.643. The minimum absolute atomic E-state index is 0.110. The van der Waals surface area contributed by atoms with Crippen molar-refractivity contribution < 1.29 is 19.1 Å². The van der Waals surface area contributed by atoms with Crippen LogP contribution in [0.1, 0.15) is 51.7 Å². The molecule has 2 atom stereocenters. The lowest BCUT2D eigenvalue weighted by molar-refractivity contribution is -0.129. The van der Waals surface area contributed by atoms with Crippen molar-refractivity contribution in [1.29, 1.82) is 0 Å². The molecule has 1 heterocycles. The molecule has 5 nitrogen and oxygen atoms in total. The molecule has 126 valence electrons. The summed E-state index contributed by atoms with van der Waals surface area (Å²) in [4.78, 5) is 36.3. The van der Waals surface area contributed by atoms with E-state index in [1.807, 2.05) is 37.3 Å². The zero-order valence-electron chi connectivity index (χ0n) is 13.7. The number of nitrogens with one attached hydrogen (secondary N) is 1. The van der Waals surface area contributed by atoms with Crippen molar-refractivity contribution in [3.05, 3.63) is 57.8 Å². The third kappa shape index (κ3) is 4.52. The van der Waals surface area contributed by atoms with Crippen molar-refractivity contribution in [3.63, 3.8) is 0 Å². The van der Waals surface area contributed by atoms with Crippen LogP contribution in [0, 0.1) is 0 Å². The maximum absolute atomic E-state index is 12.2. The molecule has 0 fully saturated rings. The van der Waals surface area contributed by atoms with Gasteiger partial charge in [0.25, 0.3) is 5.91 Å². The SMILES string of the molecule is CC(=O)c1ccc(C(=O)OC(C)C(=O)NC(C)c2ccccc2)s1. The Bertz CT molecular complexity index is 738. The van der Waals surface area contributed by atoms with Crippen LogP contribution in [0.25, 0.3) is 0 Å². The number of ether oxygens (including phenoxy) is 1. The molecule has 1 amide bonds. The Hall–Kier alpha value is -2.47. The first kappa shape index (κ1) is 17.9. The predicted molar refractivity (Wildman–Crippen MR) is 92.2 cm³/mol. The number of Topliss-reactive ketones (excluding diaryl/α,β-unsaturated/α-hetero) is 1. The van der Waals surface area contributed by atoms with Gasteiger partial charge in [0.1, 0.15) is 4.88 Å². The summed E-state index contributed by atoms with van der Waals surface area (Å²) in [6.45, 7) is 4.81. The lowest BCUT2D eigenvalue weighted by atomic mass is 10.1. The van der Waals surface area contributed by atoms with E-state index in [-0.39, 0.29) is 17.7 Å². The maximum atomic E-state index is 12.2. The second-order valence-electron chi connectivity index (χ2n) is 5.41. The summed E-state index contributed by atoms with van der Waals surface area (Å²) in [5.41, 5.74) is 0.966. The number of hydrogen-bond donors (Lipinski definition) is 1. The number of carbonyl (C=O) groups is 3. The predicted octanol–water partition coefficient (Wildman–Crippen LogP) is 3.37. The monoisotopic (exact) mass is 345 g/mol. The van der Waals surface area contributed by atoms with Crippen molar-refractivity contribution >= 4 is 29.0 Å². The maximum Gasteiger partial charge on any atom is 0.349 e. The number of hydrogen-bond acceptors (Lipinski definition) is 5. The molecule has 6 heteroatoms. The first-order valence-electron chi connectivity index (χ1n) is 7.55. The molecule has 1 aromatic carbocycles. The van der Waals surface area contributed by atoms with Crippen LogP contribution in [-0.4, -0.2) is 23.8 Å². The molecule has 2 rings (SSSR count). The van der Waals surface area contributed by atoms with E-state index in [1.54, 1.807) is 6.07 Å². The number of carbonyl (C=O) groups excluding carboxylic acids is 3. The Balaban J connectivity index is 1.93. The molecular formula is C18H19NO4S. The highest BCUT2D eigenvalue weighted by atomic mass is 32.1. The summed E-state index contributed by atoms with van der Waals surface area (Å²) in [5.74, 6) is -1.09. The van der Waals surface area contributed by atoms with Crippen LogP contribution in [0.15, 0.2) is 42.5 Å². The molecule has 0 aliphatic heterocycles. The number of ketones is 1. The highest BCUT2D eigenvalue weighted by molar-refractivity contribution is 7.15. The van der Waals surface area contributed by atoms with E-state index in [0.717, 1.165) is 16.9 Å². The van der Waals surface area contributed by atoms with Crippen LogP contribution >= 0.6 is 11.3 Å². The third-order valence-corrected chi connectivity index (χ3v) is 4.63. The van der Waals surface area contributed by atoms with Gasteiger partial charge in [-0.3, -0.25) is 9.59 Å². The average molecular weight is 345 g/mol. The minimum atomic E-state index is -0.924. The van der Waals surface area contributed by atoms with Gasteiger partial charge in [0.2, 0.25) is 0 Å². The highest BCUT2D eigenvalue weighted by Gasteiger charge is 2.22. The van der Waals surface area contributed by atoms with Crippen LogP contribution < -0.4 is 5.32 Å². The van der Waals surface area contributed by atoms with Crippen LogP contribution in [0.2, 0.25) is 0 Å². The van der Waals surface area contributed by atoms with Crippen molar-refractivity contribution in [2.24, 2.45) is 0 Å². The zero-order valence-corrected chi connectivity index (χ0v) is 14.6. The molecule has 2 aromatic rings.